The maximum Gasteiger partial charge on any atom is 0.320 e. The SMILES string of the molecule is Cc1nc(NC(=O)CN2CCN(C3CC3)C2=O)sc1Br. The zero-order chi connectivity index (χ0) is 14.3. The highest BCUT2D eigenvalue weighted by molar-refractivity contribution is 9.11. The van der Waals surface area contributed by atoms with Crippen molar-refractivity contribution in [2.75, 3.05) is 25.0 Å². The van der Waals surface area contributed by atoms with Crippen LogP contribution in [0.1, 0.15) is 18.5 Å². The van der Waals surface area contributed by atoms with Crippen LogP contribution in [0.5, 0.6) is 0 Å². The molecule has 0 atom stereocenters. The third-order valence-electron chi connectivity index (χ3n) is 3.44. The van der Waals surface area contributed by atoms with Gasteiger partial charge in [0.1, 0.15) is 6.54 Å². The van der Waals surface area contributed by atoms with Gasteiger partial charge in [0.2, 0.25) is 5.91 Å². The summed E-state index contributed by atoms with van der Waals surface area (Å²) in [5.74, 6) is -0.197. The fourth-order valence-electron chi connectivity index (χ4n) is 2.24. The van der Waals surface area contributed by atoms with Gasteiger partial charge in [0.15, 0.2) is 5.13 Å². The number of amides is 3. The molecule has 1 saturated heterocycles. The fraction of sp³-hybridized carbons (Fsp3) is 0.583. The minimum Gasteiger partial charge on any atom is -0.320 e. The number of nitrogens with one attached hydrogen (secondary N) is 1. The van der Waals surface area contributed by atoms with Crippen molar-refractivity contribution in [2.45, 2.75) is 25.8 Å². The molecule has 20 heavy (non-hydrogen) atoms. The lowest BCUT2D eigenvalue weighted by molar-refractivity contribution is -0.116. The van der Waals surface area contributed by atoms with Crippen molar-refractivity contribution in [2.24, 2.45) is 0 Å². The molecule has 1 aliphatic carbocycles. The van der Waals surface area contributed by atoms with Gasteiger partial charge in [-0.2, -0.15) is 0 Å². The standard InChI is InChI=1S/C12H15BrN4O2S/c1-7-10(13)20-11(14-7)15-9(18)6-16-4-5-17(12(16)19)8-2-3-8/h8H,2-6H2,1H3,(H,14,15,18). The first-order valence-corrected chi connectivity index (χ1v) is 8.14. The maximum absolute atomic E-state index is 12.1. The zero-order valence-corrected chi connectivity index (χ0v) is 13.5. The Kier molecular flexibility index (Phi) is 3.68. The molecule has 0 aromatic carbocycles. The number of aromatic nitrogens is 1. The van der Waals surface area contributed by atoms with E-state index in [1.807, 2.05) is 11.8 Å². The van der Waals surface area contributed by atoms with Gasteiger partial charge in [-0.3, -0.25) is 4.79 Å². The molecule has 6 nitrogen and oxygen atoms in total. The highest BCUT2D eigenvalue weighted by Crippen LogP contribution is 2.30. The van der Waals surface area contributed by atoms with Crippen LogP contribution in [0.25, 0.3) is 0 Å². The molecule has 2 aliphatic rings. The molecule has 0 unspecified atom stereocenters. The van der Waals surface area contributed by atoms with E-state index in [-0.39, 0.29) is 18.5 Å². The minimum atomic E-state index is -0.197. The quantitative estimate of drug-likeness (QED) is 0.895. The van der Waals surface area contributed by atoms with Crippen molar-refractivity contribution >= 4 is 44.3 Å². The molecule has 1 N–H and O–H groups in total. The fourth-order valence-corrected chi connectivity index (χ4v) is 3.50. The Labute approximate surface area is 129 Å². The lowest BCUT2D eigenvalue weighted by Gasteiger charge is -2.17. The van der Waals surface area contributed by atoms with E-state index in [1.54, 1.807) is 4.90 Å². The Hall–Kier alpha value is -1.15. The van der Waals surface area contributed by atoms with Gasteiger partial charge in [-0.25, -0.2) is 9.78 Å². The number of aryl methyl sites for hydroxylation is 1. The molecule has 0 spiro atoms. The first-order valence-electron chi connectivity index (χ1n) is 6.53. The predicted octanol–water partition coefficient (Wildman–Crippen LogP) is 2.05. The van der Waals surface area contributed by atoms with E-state index in [1.165, 1.54) is 11.3 Å². The second kappa shape index (κ2) is 5.33. The molecule has 108 valence electrons. The molecular formula is C12H15BrN4O2S. The third-order valence-corrected chi connectivity index (χ3v) is 5.36. The summed E-state index contributed by atoms with van der Waals surface area (Å²) in [7, 11) is 0. The van der Waals surface area contributed by atoms with Crippen LogP contribution in [0.2, 0.25) is 0 Å². The molecule has 1 aromatic heterocycles. The number of rotatable bonds is 4. The van der Waals surface area contributed by atoms with Crippen molar-refractivity contribution < 1.29 is 9.59 Å². The van der Waals surface area contributed by atoms with Crippen LogP contribution < -0.4 is 5.32 Å². The molecule has 2 fully saturated rings. The Balaban J connectivity index is 1.55. The van der Waals surface area contributed by atoms with E-state index in [4.69, 9.17) is 0 Å². The molecule has 0 radical (unpaired) electrons. The highest BCUT2D eigenvalue weighted by Gasteiger charge is 2.39. The maximum atomic E-state index is 12.1. The van der Waals surface area contributed by atoms with Gasteiger partial charge < -0.3 is 15.1 Å². The van der Waals surface area contributed by atoms with E-state index in [0.717, 1.165) is 28.9 Å². The summed E-state index contributed by atoms with van der Waals surface area (Å²) >= 11 is 4.74. The van der Waals surface area contributed by atoms with E-state index >= 15 is 0 Å². The summed E-state index contributed by atoms with van der Waals surface area (Å²) in [5.41, 5.74) is 0.849. The summed E-state index contributed by atoms with van der Waals surface area (Å²) in [6.45, 7) is 3.33. The summed E-state index contributed by atoms with van der Waals surface area (Å²) in [4.78, 5) is 31.7. The average molecular weight is 359 g/mol. The summed E-state index contributed by atoms with van der Waals surface area (Å²) in [5, 5.41) is 3.30. The summed E-state index contributed by atoms with van der Waals surface area (Å²) in [6, 6.07) is 0.396. The molecule has 1 saturated carbocycles. The van der Waals surface area contributed by atoms with Crippen LogP contribution in [-0.2, 0) is 4.79 Å². The second-order valence-corrected chi connectivity index (χ2v) is 7.37. The summed E-state index contributed by atoms with van der Waals surface area (Å²) < 4.78 is 0.907. The van der Waals surface area contributed by atoms with Crippen molar-refractivity contribution in [1.29, 1.82) is 0 Å². The topological polar surface area (TPSA) is 65.5 Å². The average Bonchev–Trinajstić information content (AvgIpc) is 3.09. The molecule has 2 heterocycles. The van der Waals surface area contributed by atoms with Crippen LogP contribution in [0.15, 0.2) is 3.79 Å². The number of hydrogen-bond acceptors (Lipinski definition) is 4. The Morgan fingerprint density at radius 3 is 2.85 bits per heavy atom. The molecule has 8 heteroatoms. The van der Waals surface area contributed by atoms with E-state index < -0.39 is 0 Å². The van der Waals surface area contributed by atoms with Crippen molar-refractivity contribution in [3.63, 3.8) is 0 Å². The number of halogens is 1. The van der Waals surface area contributed by atoms with Gasteiger partial charge in [-0.15, -0.1) is 0 Å². The van der Waals surface area contributed by atoms with Gasteiger partial charge in [-0.1, -0.05) is 11.3 Å². The van der Waals surface area contributed by atoms with Gasteiger partial charge in [0.05, 0.1) is 9.48 Å². The van der Waals surface area contributed by atoms with Crippen LogP contribution in [0.4, 0.5) is 9.93 Å². The van der Waals surface area contributed by atoms with E-state index in [0.29, 0.717) is 17.7 Å². The second-order valence-electron chi connectivity index (χ2n) is 5.06. The monoisotopic (exact) mass is 358 g/mol. The lowest BCUT2D eigenvalue weighted by atomic mass is 10.5. The zero-order valence-electron chi connectivity index (χ0n) is 11.1. The first kappa shape index (κ1) is 13.8. The number of hydrogen-bond donors (Lipinski definition) is 1. The summed E-state index contributed by atoms with van der Waals surface area (Å²) in [6.07, 6.45) is 2.19. The number of urea groups is 1. The number of anilines is 1. The lowest BCUT2D eigenvalue weighted by Crippen LogP contribution is -2.37. The normalized spacial score (nSPS) is 18.8. The minimum absolute atomic E-state index is 0.0147. The molecule has 3 amide bonds. The van der Waals surface area contributed by atoms with Crippen molar-refractivity contribution in [1.82, 2.24) is 14.8 Å². The van der Waals surface area contributed by atoms with Crippen LogP contribution >= 0.6 is 27.3 Å². The third kappa shape index (κ3) is 2.80. The molecule has 1 aromatic rings. The van der Waals surface area contributed by atoms with Crippen LogP contribution in [0.3, 0.4) is 0 Å². The highest BCUT2D eigenvalue weighted by atomic mass is 79.9. The Bertz CT molecular complexity index is 538. The largest absolute Gasteiger partial charge is 0.320 e. The predicted molar refractivity (Wildman–Crippen MR) is 79.9 cm³/mol. The Morgan fingerprint density at radius 1 is 1.50 bits per heavy atom. The van der Waals surface area contributed by atoms with Crippen LogP contribution in [0, 0.1) is 6.92 Å². The number of thiazole rings is 1. The van der Waals surface area contributed by atoms with Gasteiger partial charge in [0.25, 0.3) is 0 Å². The van der Waals surface area contributed by atoms with Gasteiger partial charge in [-0.05, 0) is 35.7 Å². The van der Waals surface area contributed by atoms with E-state index in [2.05, 4.69) is 26.2 Å². The first-order chi connectivity index (χ1) is 9.54. The molecular weight excluding hydrogens is 344 g/mol. The van der Waals surface area contributed by atoms with Crippen molar-refractivity contribution in [3.8, 4) is 0 Å². The van der Waals surface area contributed by atoms with Gasteiger partial charge in [0, 0.05) is 19.1 Å². The van der Waals surface area contributed by atoms with Gasteiger partial charge >= 0.3 is 6.03 Å². The molecule has 1 aliphatic heterocycles. The number of carbonyl (C=O) groups is 2. The Morgan fingerprint density at radius 2 is 2.25 bits per heavy atom. The van der Waals surface area contributed by atoms with Crippen molar-refractivity contribution in [3.05, 3.63) is 9.48 Å². The molecule has 0 bridgehead atoms. The van der Waals surface area contributed by atoms with Crippen LogP contribution in [-0.4, -0.2) is 52.4 Å². The number of nitrogens with zero attached hydrogens (tertiary/aromatic N) is 3. The number of carbonyl (C=O) groups excluding carboxylic acids is 2. The molecule has 3 rings (SSSR count). The van der Waals surface area contributed by atoms with E-state index in [9.17, 15) is 9.59 Å². The smallest absolute Gasteiger partial charge is 0.320 e.